The molecule has 0 saturated carbocycles. The van der Waals surface area contributed by atoms with Gasteiger partial charge in [0.25, 0.3) is 0 Å². The maximum absolute atomic E-state index is 12.2. The minimum atomic E-state index is -1.03. The number of alkyl carbamates (subject to hydrolysis) is 1. The van der Waals surface area contributed by atoms with Crippen LogP contribution in [0, 0.1) is 0 Å². The molecule has 0 fully saturated rings. The lowest BCUT2D eigenvalue weighted by Crippen LogP contribution is -2.35. The summed E-state index contributed by atoms with van der Waals surface area (Å²) in [5.74, 6) is -1.17. The number of fused-ring (bicyclic) bond motifs is 3. The zero-order chi connectivity index (χ0) is 24.3. The second-order valence-corrected chi connectivity index (χ2v) is 8.37. The van der Waals surface area contributed by atoms with E-state index >= 15 is 0 Å². The molecule has 0 aliphatic heterocycles. The zero-order valence-corrected chi connectivity index (χ0v) is 19.4. The lowest BCUT2D eigenvalue weighted by atomic mass is 9.98. The van der Waals surface area contributed by atoms with Gasteiger partial charge in [0, 0.05) is 25.4 Å². The number of hydrogen-bond donors (Lipinski definition) is 2. The minimum Gasteiger partial charge on any atom is -0.480 e. The predicted octanol–water partition coefficient (Wildman–Crippen LogP) is 4.57. The van der Waals surface area contributed by atoms with E-state index in [4.69, 9.17) is 9.84 Å². The van der Waals surface area contributed by atoms with Crippen molar-refractivity contribution < 1.29 is 24.2 Å². The maximum atomic E-state index is 12.2. The highest BCUT2D eigenvalue weighted by molar-refractivity contribution is 5.81. The van der Waals surface area contributed by atoms with Crippen molar-refractivity contribution in [3.8, 4) is 11.1 Å². The number of rotatable bonds is 13. The third kappa shape index (κ3) is 6.70. The van der Waals surface area contributed by atoms with Gasteiger partial charge in [-0.15, -0.1) is 6.58 Å². The average Bonchev–Trinajstić information content (AvgIpc) is 3.15. The molecule has 0 atom stereocenters. The molecule has 0 aromatic heterocycles. The van der Waals surface area contributed by atoms with Gasteiger partial charge in [0.05, 0.1) is 0 Å². The van der Waals surface area contributed by atoms with Gasteiger partial charge in [0.1, 0.15) is 13.2 Å². The summed E-state index contributed by atoms with van der Waals surface area (Å²) in [5.41, 5.74) is 4.75. The van der Waals surface area contributed by atoms with Crippen molar-refractivity contribution in [1.82, 2.24) is 10.2 Å². The molecular weight excluding hydrogens is 432 g/mol. The normalized spacial score (nSPS) is 11.9. The molecule has 2 aromatic carbocycles. The van der Waals surface area contributed by atoms with Crippen molar-refractivity contribution in [1.29, 1.82) is 0 Å². The highest BCUT2D eigenvalue weighted by atomic mass is 16.5. The van der Waals surface area contributed by atoms with E-state index in [2.05, 4.69) is 36.2 Å². The molecule has 7 nitrogen and oxygen atoms in total. The van der Waals surface area contributed by atoms with Crippen LogP contribution in [0.3, 0.4) is 0 Å². The predicted molar refractivity (Wildman–Crippen MR) is 131 cm³/mol. The SMILES string of the molecule is C=CCN(CC(=O)O)C(=O)CCCCCCNC(=O)OCC1c2ccccc2-c2ccccc21. The summed E-state index contributed by atoms with van der Waals surface area (Å²) in [6.07, 6.45) is 4.55. The first-order chi connectivity index (χ1) is 16.5. The monoisotopic (exact) mass is 464 g/mol. The van der Waals surface area contributed by atoms with Crippen molar-refractivity contribution in [2.24, 2.45) is 0 Å². The zero-order valence-electron chi connectivity index (χ0n) is 19.4. The number of carboxylic acid groups (broad SMARTS) is 1. The summed E-state index contributed by atoms with van der Waals surface area (Å²) in [6.45, 7) is 4.28. The van der Waals surface area contributed by atoms with E-state index in [1.165, 1.54) is 33.2 Å². The average molecular weight is 465 g/mol. The second kappa shape index (κ2) is 12.6. The molecule has 2 aromatic rings. The fraction of sp³-hybridized carbons (Fsp3) is 0.370. The summed E-state index contributed by atoms with van der Waals surface area (Å²) < 4.78 is 5.52. The third-order valence-electron chi connectivity index (χ3n) is 5.96. The number of carboxylic acids is 1. The van der Waals surface area contributed by atoms with E-state index in [0.717, 1.165) is 19.3 Å². The topological polar surface area (TPSA) is 95.9 Å². The largest absolute Gasteiger partial charge is 0.480 e. The molecule has 2 amide bonds. The van der Waals surface area contributed by atoms with Gasteiger partial charge in [-0.25, -0.2) is 4.79 Å². The lowest BCUT2D eigenvalue weighted by molar-refractivity contribution is -0.144. The third-order valence-corrected chi connectivity index (χ3v) is 5.96. The number of aliphatic carboxylic acids is 1. The van der Waals surface area contributed by atoms with Crippen LogP contribution >= 0.6 is 0 Å². The van der Waals surface area contributed by atoms with Crippen LogP contribution in [0.5, 0.6) is 0 Å². The summed E-state index contributed by atoms with van der Waals surface area (Å²) in [5, 5.41) is 11.7. The standard InChI is InChI=1S/C27H32N2O5/c1-2-17-29(18-26(31)32)25(30)15-5-3-4-10-16-28-27(33)34-19-24-22-13-8-6-11-20(22)21-12-7-9-14-23(21)24/h2,6-9,11-14,24H,1,3-5,10,15-19H2,(H,28,33)(H,31,32). The number of carbonyl (C=O) groups is 3. The molecule has 0 radical (unpaired) electrons. The van der Waals surface area contributed by atoms with Crippen molar-refractivity contribution in [2.75, 3.05) is 26.2 Å². The van der Waals surface area contributed by atoms with Gasteiger partial charge in [-0.3, -0.25) is 9.59 Å². The van der Waals surface area contributed by atoms with Crippen LogP contribution in [-0.4, -0.2) is 54.2 Å². The Balaban J connectivity index is 1.32. The van der Waals surface area contributed by atoms with Crippen LogP contribution in [0.1, 0.15) is 49.1 Å². The number of ether oxygens (including phenoxy) is 1. The van der Waals surface area contributed by atoms with Gasteiger partial charge >= 0.3 is 12.1 Å². The van der Waals surface area contributed by atoms with Gasteiger partial charge in [-0.1, -0.05) is 67.4 Å². The summed E-state index contributed by atoms with van der Waals surface area (Å²) in [7, 11) is 0. The van der Waals surface area contributed by atoms with E-state index < -0.39 is 12.1 Å². The van der Waals surface area contributed by atoms with E-state index in [-0.39, 0.29) is 24.9 Å². The molecule has 1 aliphatic rings. The first-order valence-electron chi connectivity index (χ1n) is 11.7. The van der Waals surface area contributed by atoms with Gasteiger partial charge < -0.3 is 20.1 Å². The minimum absolute atomic E-state index is 0.0393. The fourth-order valence-corrected chi connectivity index (χ4v) is 4.33. The van der Waals surface area contributed by atoms with Crippen molar-refractivity contribution in [2.45, 2.75) is 38.0 Å². The van der Waals surface area contributed by atoms with E-state index in [9.17, 15) is 14.4 Å². The van der Waals surface area contributed by atoms with Crippen LogP contribution in [0.25, 0.3) is 11.1 Å². The van der Waals surface area contributed by atoms with E-state index in [1.807, 2.05) is 24.3 Å². The summed E-state index contributed by atoms with van der Waals surface area (Å²) in [4.78, 5) is 36.4. The molecule has 0 heterocycles. The number of benzene rings is 2. The van der Waals surface area contributed by atoms with E-state index in [0.29, 0.717) is 26.0 Å². The summed E-state index contributed by atoms with van der Waals surface area (Å²) >= 11 is 0. The number of nitrogens with zero attached hydrogens (tertiary/aromatic N) is 1. The number of amides is 2. The summed E-state index contributed by atoms with van der Waals surface area (Å²) in [6, 6.07) is 16.4. The highest BCUT2D eigenvalue weighted by Crippen LogP contribution is 2.44. The molecule has 0 saturated heterocycles. The van der Waals surface area contributed by atoms with Gasteiger partial charge in [0.15, 0.2) is 0 Å². The quantitative estimate of drug-likeness (QED) is 0.334. The van der Waals surface area contributed by atoms with Gasteiger partial charge in [0.2, 0.25) is 5.91 Å². The molecule has 0 spiro atoms. The molecule has 3 rings (SSSR count). The van der Waals surface area contributed by atoms with Crippen LogP contribution in [0.2, 0.25) is 0 Å². The first-order valence-corrected chi connectivity index (χ1v) is 11.7. The molecular formula is C27H32N2O5. The Bertz CT molecular complexity index is 974. The highest BCUT2D eigenvalue weighted by Gasteiger charge is 2.28. The number of carbonyl (C=O) groups excluding carboxylic acids is 2. The van der Waals surface area contributed by atoms with Crippen LogP contribution in [-0.2, 0) is 14.3 Å². The Kier molecular flexibility index (Phi) is 9.26. The molecule has 2 N–H and O–H groups in total. The van der Waals surface area contributed by atoms with E-state index in [1.54, 1.807) is 0 Å². The molecule has 1 aliphatic carbocycles. The Labute approximate surface area is 200 Å². The Hall–Kier alpha value is -3.61. The van der Waals surface area contributed by atoms with Crippen molar-refractivity contribution in [3.63, 3.8) is 0 Å². The number of hydrogen-bond acceptors (Lipinski definition) is 4. The van der Waals surface area contributed by atoms with Gasteiger partial charge in [-0.2, -0.15) is 0 Å². The molecule has 0 unspecified atom stereocenters. The second-order valence-electron chi connectivity index (χ2n) is 8.37. The number of unbranched alkanes of at least 4 members (excludes halogenated alkanes) is 3. The molecule has 0 bridgehead atoms. The van der Waals surface area contributed by atoms with Crippen LogP contribution < -0.4 is 5.32 Å². The molecule has 34 heavy (non-hydrogen) atoms. The van der Waals surface area contributed by atoms with Crippen LogP contribution in [0.4, 0.5) is 4.79 Å². The van der Waals surface area contributed by atoms with Gasteiger partial charge in [-0.05, 0) is 35.1 Å². The molecule has 180 valence electrons. The number of nitrogens with one attached hydrogen (secondary N) is 1. The lowest BCUT2D eigenvalue weighted by Gasteiger charge is -2.18. The van der Waals surface area contributed by atoms with Crippen molar-refractivity contribution in [3.05, 3.63) is 72.3 Å². The maximum Gasteiger partial charge on any atom is 0.407 e. The van der Waals surface area contributed by atoms with Crippen LogP contribution in [0.15, 0.2) is 61.2 Å². The smallest absolute Gasteiger partial charge is 0.407 e. The molecule has 7 heteroatoms. The Morgan fingerprint density at radius 3 is 2.21 bits per heavy atom. The fourth-order valence-electron chi connectivity index (χ4n) is 4.33. The van der Waals surface area contributed by atoms with Crippen molar-refractivity contribution >= 4 is 18.0 Å². The Morgan fingerprint density at radius 1 is 0.971 bits per heavy atom. The first kappa shape index (κ1) is 25.0. The Morgan fingerprint density at radius 2 is 1.59 bits per heavy atom.